The molecule has 5 heteroatoms. The van der Waals surface area contributed by atoms with E-state index in [1.807, 2.05) is 20.8 Å². The summed E-state index contributed by atoms with van der Waals surface area (Å²) in [5, 5.41) is 2.59. The average Bonchev–Trinajstić information content (AvgIpc) is 2.15. The molecule has 0 bridgehead atoms. The number of hydrogen-bond acceptors (Lipinski definition) is 3. The van der Waals surface area contributed by atoms with Crippen molar-refractivity contribution in [1.82, 2.24) is 10.3 Å². The fourth-order valence-corrected chi connectivity index (χ4v) is 1.26. The van der Waals surface area contributed by atoms with Crippen LogP contribution in [-0.2, 0) is 4.79 Å². The third-order valence-corrected chi connectivity index (χ3v) is 2.12. The van der Waals surface area contributed by atoms with Crippen molar-refractivity contribution in [2.45, 2.75) is 26.3 Å². The number of nitrogens with zero attached hydrogens (tertiary/aromatic N) is 1. The monoisotopic (exact) mass is 284 g/mol. The largest absolute Gasteiger partial charge is 0.345 e. The van der Waals surface area contributed by atoms with Crippen molar-refractivity contribution in [3.05, 3.63) is 28.5 Å². The predicted molar refractivity (Wildman–Crippen MR) is 64.2 cm³/mol. The van der Waals surface area contributed by atoms with Gasteiger partial charge in [-0.05, 0) is 48.8 Å². The maximum Gasteiger partial charge on any atom is 0.294 e. The molecule has 1 aromatic heterocycles. The first-order valence-corrected chi connectivity index (χ1v) is 5.57. The summed E-state index contributed by atoms with van der Waals surface area (Å²) in [6, 6.07) is 3.18. The van der Waals surface area contributed by atoms with E-state index < -0.39 is 17.2 Å². The van der Waals surface area contributed by atoms with Gasteiger partial charge in [-0.2, -0.15) is 0 Å². The molecule has 0 fully saturated rings. The van der Waals surface area contributed by atoms with Gasteiger partial charge in [-0.3, -0.25) is 14.6 Å². The number of carbonyl (C=O) groups excluding carboxylic acids is 2. The van der Waals surface area contributed by atoms with Gasteiger partial charge in [0.05, 0.1) is 0 Å². The Morgan fingerprint density at radius 2 is 1.94 bits per heavy atom. The lowest BCUT2D eigenvalue weighted by atomic mass is 10.1. The number of pyridine rings is 1. The molecule has 0 aromatic carbocycles. The standard InChI is InChI=1S/C11H13BrN2O2/c1-11(2,3)14-10(16)9(15)8-5-4-7(12)6-13-8/h4-6H,1-3H3,(H,14,16). The van der Waals surface area contributed by atoms with E-state index >= 15 is 0 Å². The molecule has 0 aliphatic rings. The number of aromatic nitrogens is 1. The second kappa shape index (κ2) is 4.74. The lowest BCUT2D eigenvalue weighted by Gasteiger charge is -2.19. The van der Waals surface area contributed by atoms with E-state index in [1.165, 1.54) is 12.3 Å². The summed E-state index contributed by atoms with van der Waals surface area (Å²) in [6.45, 7) is 5.44. The molecule has 0 atom stereocenters. The Morgan fingerprint density at radius 1 is 1.31 bits per heavy atom. The third-order valence-electron chi connectivity index (χ3n) is 1.65. The van der Waals surface area contributed by atoms with Crippen LogP contribution in [0.5, 0.6) is 0 Å². The number of ketones is 1. The van der Waals surface area contributed by atoms with E-state index in [1.54, 1.807) is 6.07 Å². The molecule has 1 amide bonds. The van der Waals surface area contributed by atoms with Crippen LogP contribution in [0.25, 0.3) is 0 Å². The highest BCUT2D eigenvalue weighted by Crippen LogP contribution is 2.08. The summed E-state index contributed by atoms with van der Waals surface area (Å²) >= 11 is 3.21. The number of Topliss-reactive ketones (excluding diaryl/α,β-unsaturated/α-hetero) is 1. The zero-order valence-electron chi connectivity index (χ0n) is 9.37. The predicted octanol–water partition coefficient (Wildman–Crippen LogP) is 1.94. The Kier molecular flexibility index (Phi) is 3.80. The highest BCUT2D eigenvalue weighted by Gasteiger charge is 2.22. The fraction of sp³-hybridized carbons (Fsp3) is 0.364. The van der Waals surface area contributed by atoms with Crippen molar-refractivity contribution in [1.29, 1.82) is 0 Å². The van der Waals surface area contributed by atoms with Gasteiger partial charge in [0, 0.05) is 16.2 Å². The van der Waals surface area contributed by atoms with Crippen molar-refractivity contribution in [2.75, 3.05) is 0 Å². The molecule has 0 radical (unpaired) electrons. The van der Waals surface area contributed by atoms with Gasteiger partial charge in [0.1, 0.15) is 5.69 Å². The van der Waals surface area contributed by atoms with Crippen molar-refractivity contribution in [3.63, 3.8) is 0 Å². The molecule has 0 aliphatic heterocycles. The van der Waals surface area contributed by atoms with Crippen LogP contribution in [0.1, 0.15) is 31.3 Å². The maximum atomic E-state index is 11.6. The normalized spacial score (nSPS) is 11.0. The molecule has 0 spiro atoms. The first-order valence-electron chi connectivity index (χ1n) is 4.78. The van der Waals surface area contributed by atoms with Gasteiger partial charge in [0.15, 0.2) is 0 Å². The van der Waals surface area contributed by atoms with E-state index in [4.69, 9.17) is 0 Å². The number of rotatable bonds is 2. The quantitative estimate of drug-likeness (QED) is 0.667. The van der Waals surface area contributed by atoms with Crippen LogP contribution in [0, 0.1) is 0 Å². The van der Waals surface area contributed by atoms with Crippen LogP contribution in [0.3, 0.4) is 0 Å². The molecule has 0 unspecified atom stereocenters. The highest BCUT2D eigenvalue weighted by atomic mass is 79.9. The minimum absolute atomic E-state index is 0.143. The number of amides is 1. The number of nitrogens with one attached hydrogen (secondary N) is 1. The summed E-state index contributed by atoms with van der Waals surface area (Å²) in [5.74, 6) is -1.26. The second-order valence-corrected chi connectivity index (χ2v) is 5.31. The minimum Gasteiger partial charge on any atom is -0.345 e. The van der Waals surface area contributed by atoms with Crippen LogP contribution in [0.2, 0.25) is 0 Å². The molecule has 86 valence electrons. The molecule has 16 heavy (non-hydrogen) atoms. The molecule has 0 saturated heterocycles. The van der Waals surface area contributed by atoms with Gasteiger partial charge in [0.2, 0.25) is 0 Å². The van der Waals surface area contributed by atoms with E-state index in [-0.39, 0.29) is 5.69 Å². The number of hydrogen-bond donors (Lipinski definition) is 1. The van der Waals surface area contributed by atoms with Gasteiger partial charge < -0.3 is 5.32 Å². The molecule has 1 rings (SSSR count). The first kappa shape index (κ1) is 12.8. The van der Waals surface area contributed by atoms with Crippen molar-refractivity contribution in [2.24, 2.45) is 0 Å². The summed E-state index contributed by atoms with van der Waals surface area (Å²) in [6.07, 6.45) is 1.48. The highest BCUT2D eigenvalue weighted by molar-refractivity contribution is 9.10. The fourth-order valence-electron chi connectivity index (χ4n) is 1.02. The van der Waals surface area contributed by atoms with Crippen LogP contribution < -0.4 is 5.32 Å². The molecular formula is C11H13BrN2O2. The van der Waals surface area contributed by atoms with Crippen LogP contribution in [0.15, 0.2) is 22.8 Å². The van der Waals surface area contributed by atoms with Crippen molar-refractivity contribution >= 4 is 27.6 Å². The molecule has 0 aliphatic carbocycles. The van der Waals surface area contributed by atoms with Gasteiger partial charge in [-0.1, -0.05) is 0 Å². The van der Waals surface area contributed by atoms with Gasteiger partial charge >= 0.3 is 0 Å². The summed E-state index contributed by atoms with van der Waals surface area (Å²) in [5.41, 5.74) is -0.285. The van der Waals surface area contributed by atoms with Gasteiger partial charge in [-0.15, -0.1) is 0 Å². The number of carbonyl (C=O) groups is 2. The first-order chi connectivity index (χ1) is 7.29. The average molecular weight is 285 g/mol. The molecule has 1 heterocycles. The topological polar surface area (TPSA) is 59.1 Å². The van der Waals surface area contributed by atoms with Gasteiger partial charge in [0.25, 0.3) is 11.7 Å². The van der Waals surface area contributed by atoms with Gasteiger partial charge in [-0.25, -0.2) is 0 Å². The second-order valence-electron chi connectivity index (χ2n) is 4.39. The molecule has 1 N–H and O–H groups in total. The Morgan fingerprint density at radius 3 is 2.38 bits per heavy atom. The summed E-state index contributed by atoms with van der Waals surface area (Å²) in [7, 11) is 0. The molecule has 1 aromatic rings. The molecule has 0 saturated carbocycles. The molecular weight excluding hydrogens is 272 g/mol. The zero-order chi connectivity index (χ0) is 12.3. The van der Waals surface area contributed by atoms with Crippen LogP contribution >= 0.6 is 15.9 Å². The van der Waals surface area contributed by atoms with E-state index in [0.29, 0.717) is 0 Å². The van der Waals surface area contributed by atoms with E-state index in [9.17, 15) is 9.59 Å². The summed E-state index contributed by atoms with van der Waals surface area (Å²) in [4.78, 5) is 27.0. The Balaban J connectivity index is 2.79. The third kappa shape index (κ3) is 3.73. The van der Waals surface area contributed by atoms with E-state index in [0.717, 1.165) is 4.47 Å². The van der Waals surface area contributed by atoms with Crippen molar-refractivity contribution in [3.8, 4) is 0 Å². The van der Waals surface area contributed by atoms with Crippen molar-refractivity contribution < 1.29 is 9.59 Å². The SMILES string of the molecule is CC(C)(C)NC(=O)C(=O)c1ccc(Br)cn1. The zero-order valence-corrected chi connectivity index (χ0v) is 11.0. The molecule has 4 nitrogen and oxygen atoms in total. The Labute approximate surface area is 103 Å². The maximum absolute atomic E-state index is 11.6. The Bertz CT molecular complexity index is 407. The van der Waals surface area contributed by atoms with E-state index in [2.05, 4.69) is 26.2 Å². The number of halogens is 1. The smallest absolute Gasteiger partial charge is 0.294 e. The lowest BCUT2D eigenvalue weighted by molar-refractivity contribution is -0.118. The lowest BCUT2D eigenvalue weighted by Crippen LogP contribution is -2.44. The Hall–Kier alpha value is -1.23. The van der Waals surface area contributed by atoms with Crippen LogP contribution in [-0.4, -0.2) is 22.2 Å². The summed E-state index contributed by atoms with van der Waals surface area (Å²) < 4.78 is 0.764. The minimum atomic E-state index is -0.637. The van der Waals surface area contributed by atoms with Crippen LogP contribution in [0.4, 0.5) is 0 Å².